The van der Waals surface area contributed by atoms with E-state index in [9.17, 15) is 22.6 Å². The van der Waals surface area contributed by atoms with Gasteiger partial charge in [0.15, 0.2) is 11.6 Å². The summed E-state index contributed by atoms with van der Waals surface area (Å²) in [5.74, 6) is 2.09. The number of hydrogen-bond donors (Lipinski definition) is 1. The van der Waals surface area contributed by atoms with Gasteiger partial charge in [-0.3, -0.25) is 13.8 Å². The molecule has 1 N–H and O–H groups in total. The first-order valence-electron chi connectivity index (χ1n) is 21.1. The van der Waals surface area contributed by atoms with Crippen LogP contribution in [-0.4, -0.2) is 50.8 Å². The van der Waals surface area contributed by atoms with Crippen LogP contribution in [0.4, 0.5) is 0 Å². The number of nitrogens with one attached hydrogen (secondary N) is 1. The molecule has 0 aromatic heterocycles. The minimum atomic E-state index is -4.41. The van der Waals surface area contributed by atoms with E-state index in [1.807, 2.05) is 7.05 Å². The first-order valence-corrected chi connectivity index (χ1v) is 22.5. The average Bonchev–Trinajstić information content (AvgIpc) is 3.04. The third-order valence-electron chi connectivity index (χ3n) is 10.1. The SMILES string of the molecule is CC(C)CCCCCCCCCCCCCCC(=O)C(C(=O)CCCCCCCCCCCCCCC(C)C)[NH+](C)C(C)C.COS(=O)(=O)[O-]. The van der Waals surface area contributed by atoms with Crippen LogP contribution >= 0.6 is 0 Å². The predicted molar refractivity (Wildman–Crippen MR) is 211 cm³/mol. The van der Waals surface area contributed by atoms with Crippen LogP contribution in [0.2, 0.25) is 0 Å². The number of Topliss-reactive ketones (excluding diaryl/α,β-unsaturated/α-hetero) is 2. The van der Waals surface area contributed by atoms with Crippen LogP contribution in [0.5, 0.6) is 0 Å². The van der Waals surface area contributed by atoms with Crippen LogP contribution < -0.4 is 4.90 Å². The van der Waals surface area contributed by atoms with Gasteiger partial charge in [-0.15, -0.1) is 0 Å². The molecule has 0 aliphatic rings. The zero-order chi connectivity index (χ0) is 38.0. The Morgan fingerprint density at radius 1 is 0.500 bits per heavy atom. The van der Waals surface area contributed by atoms with Gasteiger partial charge < -0.3 is 9.45 Å². The van der Waals surface area contributed by atoms with Gasteiger partial charge in [0.05, 0.1) is 20.2 Å². The molecule has 0 aliphatic carbocycles. The van der Waals surface area contributed by atoms with E-state index >= 15 is 0 Å². The van der Waals surface area contributed by atoms with Gasteiger partial charge in [-0.05, 0) is 38.5 Å². The monoisotopic (exact) mass is 732 g/mol. The molecule has 0 fully saturated rings. The van der Waals surface area contributed by atoms with Crippen molar-refractivity contribution in [2.75, 3.05) is 14.2 Å². The van der Waals surface area contributed by atoms with Crippen molar-refractivity contribution >= 4 is 22.0 Å². The molecule has 7 nitrogen and oxygen atoms in total. The maximum Gasteiger partial charge on any atom is 0.217 e. The number of carbonyl (C=O) groups excluding carboxylic acids is 2. The molecule has 0 heterocycles. The Hall–Kier alpha value is -0.830. The summed E-state index contributed by atoms with van der Waals surface area (Å²) in [7, 11) is -1.56. The Labute approximate surface area is 312 Å². The molecule has 0 radical (unpaired) electrons. The fourth-order valence-corrected chi connectivity index (χ4v) is 6.55. The van der Waals surface area contributed by atoms with E-state index in [1.165, 1.54) is 141 Å². The first-order chi connectivity index (χ1) is 23.7. The highest BCUT2D eigenvalue weighted by Crippen LogP contribution is 2.16. The van der Waals surface area contributed by atoms with Crippen LogP contribution in [0.15, 0.2) is 0 Å². The molecular formula is C42H85NO6S. The highest BCUT2D eigenvalue weighted by atomic mass is 32.3. The fraction of sp³-hybridized carbons (Fsp3) is 0.952. The van der Waals surface area contributed by atoms with Crippen LogP contribution in [-0.2, 0) is 24.2 Å². The molecule has 300 valence electrons. The van der Waals surface area contributed by atoms with E-state index in [4.69, 9.17) is 0 Å². The van der Waals surface area contributed by atoms with Crippen molar-refractivity contribution in [1.82, 2.24) is 0 Å². The quantitative estimate of drug-likeness (QED) is 0.0301. The summed E-state index contributed by atoms with van der Waals surface area (Å²) in [5, 5.41) is 0. The molecule has 0 amide bonds. The summed E-state index contributed by atoms with van der Waals surface area (Å²) < 4.78 is 31.0. The highest BCUT2D eigenvalue weighted by Gasteiger charge is 2.34. The van der Waals surface area contributed by atoms with Gasteiger partial charge in [-0.1, -0.05) is 182 Å². The Morgan fingerprint density at radius 3 is 0.920 bits per heavy atom. The molecule has 0 aromatic carbocycles. The van der Waals surface area contributed by atoms with Crippen LogP contribution in [0, 0.1) is 11.8 Å². The molecule has 8 heteroatoms. The number of likely N-dealkylation sites (N-methyl/N-ethyl adjacent to an activating group) is 1. The molecule has 0 saturated carbocycles. The van der Waals surface area contributed by atoms with Crippen molar-refractivity contribution in [2.24, 2.45) is 11.8 Å². The summed E-state index contributed by atoms with van der Waals surface area (Å²) in [6.07, 6.45) is 35.4. The minimum Gasteiger partial charge on any atom is -0.726 e. The predicted octanol–water partition coefficient (Wildman–Crippen LogP) is 10.7. The largest absolute Gasteiger partial charge is 0.726 e. The molecule has 0 aromatic rings. The minimum absolute atomic E-state index is 0.189. The Kier molecular flexibility index (Phi) is 36.1. The first kappa shape index (κ1) is 51.3. The summed E-state index contributed by atoms with van der Waals surface area (Å²) in [6, 6.07) is -0.168. The van der Waals surface area contributed by atoms with Gasteiger partial charge in [0.2, 0.25) is 16.4 Å². The molecule has 1 atom stereocenters. The van der Waals surface area contributed by atoms with Crippen molar-refractivity contribution < 1.29 is 31.6 Å². The zero-order valence-electron chi connectivity index (χ0n) is 34.5. The fourth-order valence-electron chi connectivity index (χ4n) is 6.55. The molecule has 0 rings (SSSR count). The van der Waals surface area contributed by atoms with Gasteiger partial charge in [-0.25, -0.2) is 8.42 Å². The molecule has 0 spiro atoms. The number of ketones is 2. The highest BCUT2D eigenvalue weighted by molar-refractivity contribution is 7.80. The van der Waals surface area contributed by atoms with Crippen molar-refractivity contribution in [3.63, 3.8) is 0 Å². The normalized spacial score (nSPS) is 12.6. The van der Waals surface area contributed by atoms with E-state index < -0.39 is 16.4 Å². The topological polar surface area (TPSA) is 105 Å². The maximum atomic E-state index is 13.2. The number of quaternary nitrogens is 1. The standard InChI is InChI=1S/C41H81NO2.CH4O4S/c1-36(2)32-28-24-20-16-12-8-10-14-18-22-26-30-34-39(43)41(42(7)38(5)6)40(44)35-31-27-23-19-15-11-9-13-17-21-25-29-33-37(3)4;1-5-6(2,3)4/h36-38,41H,8-35H2,1-7H3;1H3,(H,2,3,4). The molecule has 0 bridgehead atoms. The molecular weight excluding hydrogens is 647 g/mol. The summed E-state index contributed by atoms with van der Waals surface area (Å²) >= 11 is 0. The third-order valence-corrected chi connectivity index (χ3v) is 10.5. The summed E-state index contributed by atoms with van der Waals surface area (Å²) in [6.45, 7) is 13.6. The van der Waals surface area contributed by atoms with Gasteiger partial charge in [-0.2, -0.15) is 0 Å². The van der Waals surface area contributed by atoms with Gasteiger partial charge in [0.25, 0.3) is 0 Å². The van der Waals surface area contributed by atoms with Gasteiger partial charge in [0, 0.05) is 12.8 Å². The second-order valence-electron chi connectivity index (χ2n) is 16.2. The Morgan fingerprint density at radius 2 is 0.720 bits per heavy atom. The van der Waals surface area contributed by atoms with Crippen molar-refractivity contribution in [3.05, 3.63) is 0 Å². The number of rotatable bonds is 35. The molecule has 50 heavy (non-hydrogen) atoms. The molecule has 0 aliphatic heterocycles. The van der Waals surface area contributed by atoms with Crippen LogP contribution in [0.3, 0.4) is 0 Å². The second kappa shape index (κ2) is 35.2. The lowest BCUT2D eigenvalue weighted by Crippen LogP contribution is -3.18. The Bertz CT molecular complexity index is 825. The second-order valence-corrected chi connectivity index (χ2v) is 17.3. The number of unbranched alkanes of at least 4 members (excludes halogenated alkanes) is 22. The zero-order valence-corrected chi connectivity index (χ0v) is 35.3. The average molecular weight is 732 g/mol. The summed E-state index contributed by atoms with van der Waals surface area (Å²) in [4.78, 5) is 27.5. The smallest absolute Gasteiger partial charge is 0.217 e. The third kappa shape index (κ3) is 36.9. The molecule has 1 unspecified atom stereocenters. The van der Waals surface area contributed by atoms with Gasteiger partial charge in [0.1, 0.15) is 0 Å². The lowest BCUT2D eigenvalue weighted by Gasteiger charge is -2.26. The van der Waals surface area contributed by atoms with E-state index in [-0.39, 0.29) is 17.6 Å². The van der Waals surface area contributed by atoms with Crippen LogP contribution in [0.25, 0.3) is 0 Å². The van der Waals surface area contributed by atoms with Crippen molar-refractivity contribution in [2.45, 2.75) is 233 Å². The number of carbonyl (C=O) groups is 2. The lowest BCUT2D eigenvalue weighted by atomic mass is 9.95. The van der Waals surface area contributed by atoms with Gasteiger partial charge >= 0.3 is 0 Å². The van der Waals surface area contributed by atoms with Crippen LogP contribution in [0.1, 0.15) is 221 Å². The van der Waals surface area contributed by atoms with Crippen molar-refractivity contribution in [1.29, 1.82) is 0 Å². The molecule has 0 saturated heterocycles. The van der Waals surface area contributed by atoms with E-state index in [2.05, 4.69) is 45.7 Å². The lowest BCUT2D eigenvalue weighted by molar-refractivity contribution is -0.908. The maximum absolute atomic E-state index is 13.2. The van der Waals surface area contributed by atoms with Crippen molar-refractivity contribution in [3.8, 4) is 0 Å². The van der Waals surface area contributed by atoms with E-state index in [0.717, 1.165) is 49.5 Å². The van der Waals surface area contributed by atoms with E-state index in [1.54, 1.807) is 0 Å². The number of hydrogen-bond acceptors (Lipinski definition) is 6. The summed E-state index contributed by atoms with van der Waals surface area (Å²) in [5.41, 5.74) is 0. The Balaban J connectivity index is 0. The van der Waals surface area contributed by atoms with E-state index in [0.29, 0.717) is 12.8 Å².